The zero-order valence-corrected chi connectivity index (χ0v) is 18.5. The summed E-state index contributed by atoms with van der Waals surface area (Å²) in [5.41, 5.74) is 3.31. The van der Waals surface area contributed by atoms with Gasteiger partial charge < -0.3 is 20.9 Å². The van der Waals surface area contributed by atoms with Gasteiger partial charge in [-0.2, -0.15) is 0 Å². The number of amides is 2. The fraction of sp³-hybridized carbons (Fsp3) is 0.160. The van der Waals surface area contributed by atoms with E-state index < -0.39 is 11.8 Å². The number of anilines is 3. The van der Waals surface area contributed by atoms with Crippen LogP contribution in [0.15, 0.2) is 59.5 Å². The zero-order valence-electron chi connectivity index (χ0n) is 18.5. The van der Waals surface area contributed by atoms with Gasteiger partial charge in [0.2, 0.25) is 0 Å². The van der Waals surface area contributed by atoms with E-state index in [0.29, 0.717) is 40.1 Å². The van der Waals surface area contributed by atoms with Crippen molar-refractivity contribution in [3.05, 3.63) is 82.0 Å². The maximum absolute atomic E-state index is 14.7. The summed E-state index contributed by atoms with van der Waals surface area (Å²) in [6.07, 6.45) is 2.29. The Morgan fingerprint density at radius 3 is 2.58 bits per heavy atom. The van der Waals surface area contributed by atoms with Gasteiger partial charge in [0, 0.05) is 30.4 Å². The molecule has 0 unspecified atom stereocenters. The number of nitrogens with one attached hydrogen (secondary N) is 4. The summed E-state index contributed by atoms with van der Waals surface area (Å²) in [7, 11) is 1.76. The third-order valence-electron chi connectivity index (χ3n) is 5.48. The van der Waals surface area contributed by atoms with Crippen molar-refractivity contribution >= 4 is 34.1 Å². The molecule has 4 aromatic rings. The SMILES string of the molecule is CCc1c(-c2cc(NC(=O)Nc3ccccc3)c(F)cc2C)c(=O)[nH]c2cc(NC)ncc12. The highest BCUT2D eigenvalue weighted by atomic mass is 19.1. The van der Waals surface area contributed by atoms with Crippen molar-refractivity contribution in [2.75, 3.05) is 23.0 Å². The number of aromatic amines is 1. The monoisotopic (exact) mass is 445 g/mol. The number of aryl methyl sites for hydroxylation is 2. The number of pyridine rings is 2. The first-order chi connectivity index (χ1) is 15.9. The van der Waals surface area contributed by atoms with Crippen molar-refractivity contribution in [2.24, 2.45) is 0 Å². The van der Waals surface area contributed by atoms with Crippen LogP contribution in [0.2, 0.25) is 0 Å². The third kappa shape index (κ3) is 4.41. The van der Waals surface area contributed by atoms with Crippen LogP contribution in [0.3, 0.4) is 0 Å². The number of halogens is 1. The first-order valence-electron chi connectivity index (χ1n) is 10.6. The predicted octanol–water partition coefficient (Wildman–Crippen LogP) is 5.29. The number of fused-ring (bicyclic) bond motifs is 1. The normalized spacial score (nSPS) is 10.8. The van der Waals surface area contributed by atoms with Crippen LogP contribution in [0, 0.1) is 12.7 Å². The Balaban J connectivity index is 1.78. The van der Waals surface area contributed by atoms with Crippen molar-refractivity contribution in [3.63, 3.8) is 0 Å². The molecular formula is C25H24FN5O2. The van der Waals surface area contributed by atoms with Gasteiger partial charge in [0.1, 0.15) is 11.6 Å². The lowest BCUT2D eigenvalue weighted by Gasteiger charge is -2.16. The second-order valence-electron chi connectivity index (χ2n) is 7.62. The van der Waals surface area contributed by atoms with E-state index in [9.17, 15) is 14.0 Å². The van der Waals surface area contributed by atoms with E-state index in [0.717, 1.165) is 10.9 Å². The van der Waals surface area contributed by atoms with E-state index in [4.69, 9.17) is 0 Å². The molecule has 0 aliphatic carbocycles. The molecule has 8 heteroatoms. The first kappa shape index (κ1) is 22.0. The summed E-state index contributed by atoms with van der Waals surface area (Å²) in [5, 5.41) is 8.98. The number of benzene rings is 2. The molecule has 0 spiro atoms. The summed E-state index contributed by atoms with van der Waals surface area (Å²) in [6.45, 7) is 3.69. The molecule has 0 aliphatic heterocycles. The molecule has 2 aromatic carbocycles. The van der Waals surface area contributed by atoms with Crippen molar-refractivity contribution in [1.29, 1.82) is 0 Å². The maximum atomic E-state index is 14.7. The van der Waals surface area contributed by atoms with Crippen LogP contribution >= 0.6 is 0 Å². The van der Waals surface area contributed by atoms with Crippen LogP contribution < -0.4 is 21.5 Å². The van der Waals surface area contributed by atoms with Gasteiger partial charge in [-0.15, -0.1) is 0 Å². The molecule has 0 bridgehead atoms. The van der Waals surface area contributed by atoms with Crippen LogP contribution in [-0.4, -0.2) is 23.0 Å². The van der Waals surface area contributed by atoms with E-state index in [1.54, 1.807) is 50.5 Å². The molecular weight excluding hydrogens is 421 g/mol. The van der Waals surface area contributed by atoms with Crippen LogP contribution in [0.4, 0.5) is 26.4 Å². The molecule has 2 amide bonds. The highest BCUT2D eigenvalue weighted by Crippen LogP contribution is 2.32. The van der Waals surface area contributed by atoms with Crippen LogP contribution in [-0.2, 0) is 6.42 Å². The molecule has 2 heterocycles. The number of para-hydroxylation sites is 1. The molecule has 7 nitrogen and oxygen atoms in total. The van der Waals surface area contributed by atoms with E-state index in [2.05, 4.69) is 25.9 Å². The van der Waals surface area contributed by atoms with Crippen LogP contribution in [0.5, 0.6) is 0 Å². The van der Waals surface area contributed by atoms with E-state index in [1.165, 1.54) is 12.1 Å². The second-order valence-corrected chi connectivity index (χ2v) is 7.62. The molecule has 4 N–H and O–H groups in total. The Bertz CT molecular complexity index is 1400. The lowest BCUT2D eigenvalue weighted by atomic mass is 9.93. The number of H-pyrrole nitrogens is 1. The predicted molar refractivity (Wildman–Crippen MR) is 131 cm³/mol. The second kappa shape index (κ2) is 9.12. The van der Waals surface area contributed by atoms with Crippen LogP contribution in [0.1, 0.15) is 18.1 Å². The van der Waals surface area contributed by atoms with Crippen molar-refractivity contribution < 1.29 is 9.18 Å². The summed E-state index contributed by atoms with van der Waals surface area (Å²) < 4.78 is 14.7. The summed E-state index contributed by atoms with van der Waals surface area (Å²) in [6, 6.07) is 12.9. The van der Waals surface area contributed by atoms with Crippen molar-refractivity contribution in [1.82, 2.24) is 9.97 Å². The van der Waals surface area contributed by atoms with Gasteiger partial charge in [-0.25, -0.2) is 14.2 Å². The zero-order chi connectivity index (χ0) is 23.5. The molecule has 33 heavy (non-hydrogen) atoms. The van der Waals surface area contributed by atoms with Crippen molar-refractivity contribution in [2.45, 2.75) is 20.3 Å². The van der Waals surface area contributed by atoms with Gasteiger partial charge >= 0.3 is 6.03 Å². The fourth-order valence-corrected chi connectivity index (χ4v) is 3.89. The summed E-state index contributed by atoms with van der Waals surface area (Å²) in [4.78, 5) is 32.8. The molecule has 0 fully saturated rings. The van der Waals surface area contributed by atoms with Gasteiger partial charge in [-0.1, -0.05) is 25.1 Å². The largest absolute Gasteiger partial charge is 0.373 e. The Kier molecular flexibility index (Phi) is 6.08. The Labute approximate surface area is 190 Å². The fourth-order valence-electron chi connectivity index (χ4n) is 3.89. The highest BCUT2D eigenvalue weighted by Gasteiger charge is 2.19. The summed E-state index contributed by atoms with van der Waals surface area (Å²) >= 11 is 0. The summed E-state index contributed by atoms with van der Waals surface area (Å²) in [5.74, 6) is 0.0527. The van der Waals surface area contributed by atoms with Gasteiger partial charge in [-0.3, -0.25) is 4.79 Å². The molecule has 0 saturated heterocycles. The topological polar surface area (TPSA) is 98.9 Å². The lowest BCUT2D eigenvalue weighted by Crippen LogP contribution is -2.20. The molecule has 4 rings (SSSR count). The van der Waals surface area contributed by atoms with Gasteiger partial charge in [0.15, 0.2) is 0 Å². The number of rotatable bonds is 5. The average Bonchev–Trinajstić information content (AvgIpc) is 2.80. The number of hydrogen-bond donors (Lipinski definition) is 4. The molecule has 0 atom stereocenters. The molecule has 2 aromatic heterocycles. The smallest absolute Gasteiger partial charge is 0.323 e. The van der Waals surface area contributed by atoms with E-state index in [-0.39, 0.29) is 11.2 Å². The Morgan fingerprint density at radius 1 is 1.12 bits per heavy atom. The Hall–Kier alpha value is -4.20. The van der Waals surface area contributed by atoms with Gasteiger partial charge in [-0.05, 0) is 54.3 Å². The van der Waals surface area contributed by atoms with Crippen molar-refractivity contribution in [3.8, 4) is 11.1 Å². The minimum absolute atomic E-state index is 0.0192. The van der Waals surface area contributed by atoms with E-state index >= 15 is 0 Å². The first-order valence-corrected chi connectivity index (χ1v) is 10.6. The highest BCUT2D eigenvalue weighted by molar-refractivity contribution is 6.00. The minimum Gasteiger partial charge on any atom is -0.373 e. The number of carbonyl (C=O) groups is 1. The van der Waals surface area contributed by atoms with Gasteiger partial charge in [0.05, 0.1) is 16.8 Å². The molecule has 168 valence electrons. The number of carbonyl (C=O) groups excluding carboxylic acids is 1. The molecule has 0 saturated carbocycles. The number of nitrogens with zero attached hydrogens (tertiary/aromatic N) is 1. The standard InChI is InChI=1S/C25H24FN5O2/c1-4-16-18-13-28-22(27-3)12-20(18)30-24(32)23(16)17-11-21(19(26)10-14(17)2)31-25(33)29-15-8-6-5-7-9-15/h5-13H,4H2,1-3H3,(H,27,28)(H,30,32)(H2,29,31,33). The Morgan fingerprint density at radius 2 is 1.88 bits per heavy atom. The molecule has 0 aliphatic rings. The third-order valence-corrected chi connectivity index (χ3v) is 5.48. The quantitative estimate of drug-likeness (QED) is 0.336. The number of aromatic nitrogens is 2. The van der Waals surface area contributed by atoms with E-state index in [1.807, 2.05) is 13.0 Å². The molecule has 0 radical (unpaired) electrons. The lowest BCUT2D eigenvalue weighted by molar-refractivity contribution is 0.262. The van der Waals surface area contributed by atoms with Gasteiger partial charge in [0.25, 0.3) is 5.56 Å². The number of urea groups is 1. The average molecular weight is 445 g/mol. The number of hydrogen-bond acceptors (Lipinski definition) is 4. The minimum atomic E-state index is -0.588. The van der Waals surface area contributed by atoms with Crippen LogP contribution in [0.25, 0.3) is 22.0 Å². The maximum Gasteiger partial charge on any atom is 0.323 e.